The standard InChI is InChI=1S/C13H20N2/c1-3-9-7-8-10-11(13(9)15-2)5-4-6-12(10)14/h4-6,9,13,15H,3,7-8,14H2,1-2H3. The number of nitrogens with one attached hydrogen (secondary N) is 1. The molecule has 2 atom stereocenters. The fraction of sp³-hybridized carbons (Fsp3) is 0.538. The van der Waals surface area contributed by atoms with Crippen molar-refractivity contribution in [2.75, 3.05) is 12.8 Å². The second-order valence-corrected chi connectivity index (χ2v) is 4.39. The second-order valence-electron chi connectivity index (χ2n) is 4.39. The van der Waals surface area contributed by atoms with Crippen LogP contribution in [0.15, 0.2) is 18.2 Å². The lowest BCUT2D eigenvalue weighted by Crippen LogP contribution is -2.30. The molecular formula is C13H20N2. The molecule has 2 rings (SSSR count). The third-order valence-electron chi connectivity index (χ3n) is 3.66. The lowest BCUT2D eigenvalue weighted by atomic mass is 9.78. The summed E-state index contributed by atoms with van der Waals surface area (Å²) in [7, 11) is 2.05. The third-order valence-corrected chi connectivity index (χ3v) is 3.66. The summed E-state index contributed by atoms with van der Waals surface area (Å²) in [6.07, 6.45) is 3.63. The van der Waals surface area contributed by atoms with E-state index in [0.717, 1.165) is 18.0 Å². The highest BCUT2D eigenvalue weighted by Crippen LogP contribution is 2.37. The maximum absolute atomic E-state index is 6.02. The monoisotopic (exact) mass is 204 g/mol. The molecule has 0 heterocycles. The van der Waals surface area contributed by atoms with E-state index in [1.807, 2.05) is 13.1 Å². The van der Waals surface area contributed by atoms with Gasteiger partial charge in [0.15, 0.2) is 0 Å². The molecule has 0 aromatic heterocycles. The zero-order valence-electron chi connectivity index (χ0n) is 9.59. The van der Waals surface area contributed by atoms with Crippen LogP contribution in [-0.4, -0.2) is 7.05 Å². The largest absolute Gasteiger partial charge is 0.398 e. The van der Waals surface area contributed by atoms with Gasteiger partial charge in [0.1, 0.15) is 0 Å². The van der Waals surface area contributed by atoms with Crippen LogP contribution in [0.3, 0.4) is 0 Å². The van der Waals surface area contributed by atoms with Crippen LogP contribution in [0.2, 0.25) is 0 Å². The first-order valence-electron chi connectivity index (χ1n) is 5.82. The predicted octanol–water partition coefficient (Wildman–Crippen LogP) is 2.50. The molecule has 0 fully saturated rings. The van der Waals surface area contributed by atoms with Crippen molar-refractivity contribution in [1.29, 1.82) is 0 Å². The molecule has 1 aliphatic carbocycles. The number of nitrogen functional groups attached to an aromatic ring is 1. The molecule has 0 radical (unpaired) electrons. The molecule has 1 aromatic rings. The van der Waals surface area contributed by atoms with Gasteiger partial charge in [-0.1, -0.05) is 25.5 Å². The maximum Gasteiger partial charge on any atom is 0.0349 e. The Hall–Kier alpha value is -1.02. The summed E-state index contributed by atoms with van der Waals surface area (Å²) in [5.41, 5.74) is 9.75. The summed E-state index contributed by atoms with van der Waals surface area (Å²) in [4.78, 5) is 0. The Morgan fingerprint density at radius 3 is 2.93 bits per heavy atom. The normalized spacial score (nSPS) is 24.9. The van der Waals surface area contributed by atoms with Gasteiger partial charge < -0.3 is 11.1 Å². The third kappa shape index (κ3) is 1.74. The molecule has 0 saturated heterocycles. The number of nitrogens with two attached hydrogens (primary N) is 1. The molecule has 15 heavy (non-hydrogen) atoms. The molecule has 0 spiro atoms. The van der Waals surface area contributed by atoms with Crippen LogP contribution in [0.25, 0.3) is 0 Å². The van der Waals surface area contributed by atoms with Gasteiger partial charge in [0.25, 0.3) is 0 Å². The summed E-state index contributed by atoms with van der Waals surface area (Å²) in [5, 5.41) is 3.43. The average molecular weight is 204 g/mol. The quantitative estimate of drug-likeness (QED) is 0.726. The molecule has 0 bridgehead atoms. The lowest BCUT2D eigenvalue weighted by Gasteiger charge is -2.33. The molecule has 1 aromatic carbocycles. The van der Waals surface area contributed by atoms with Gasteiger partial charge in [-0.25, -0.2) is 0 Å². The minimum Gasteiger partial charge on any atom is -0.398 e. The van der Waals surface area contributed by atoms with Gasteiger partial charge in [-0.3, -0.25) is 0 Å². The van der Waals surface area contributed by atoms with Gasteiger partial charge in [-0.15, -0.1) is 0 Å². The fourth-order valence-corrected chi connectivity index (χ4v) is 2.78. The highest BCUT2D eigenvalue weighted by Gasteiger charge is 2.27. The van der Waals surface area contributed by atoms with Crippen LogP contribution < -0.4 is 11.1 Å². The summed E-state index contributed by atoms with van der Waals surface area (Å²) in [6.45, 7) is 2.27. The first-order valence-corrected chi connectivity index (χ1v) is 5.82. The first kappa shape index (κ1) is 10.5. The van der Waals surface area contributed by atoms with Crippen LogP contribution in [0.1, 0.15) is 36.9 Å². The van der Waals surface area contributed by atoms with Crippen molar-refractivity contribution in [3.63, 3.8) is 0 Å². The molecule has 0 aliphatic heterocycles. The van der Waals surface area contributed by atoms with E-state index in [2.05, 4.69) is 24.4 Å². The number of fused-ring (bicyclic) bond motifs is 1. The molecular weight excluding hydrogens is 184 g/mol. The zero-order chi connectivity index (χ0) is 10.8. The summed E-state index contributed by atoms with van der Waals surface area (Å²) in [5.74, 6) is 0.754. The smallest absolute Gasteiger partial charge is 0.0349 e. The lowest BCUT2D eigenvalue weighted by molar-refractivity contribution is 0.328. The van der Waals surface area contributed by atoms with E-state index in [1.54, 1.807) is 0 Å². The van der Waals surface area contributed by atoms with Crippen LogP contribution in [0.4, 0.5) is 5.69 Å². The Morgan fingerprint density at radius 2 is 2.27 bits per heavy atom. The van der Waals surface area contributed by atoms with Crippen molar-refractivity contribution in [2.24, 2.45) is 5.92 Å². The Balaban J connectivity index is 2.41. The average Bonchev–Trinajstić information content (AvgIpc) is 2.28. The van der Waals surface area contributed by atoms with E-state index < -0.39 is 0 Å². The number of benzene rings is 1. The van der Waals surface area contributed by atoms with Crippen molar-refractivity contribution in [3.8, 4) is 0 Å². The molecule has 2 heteroatoms. The van der Waals surface area contributed by atoms with E-state index in [9.17, 15) is 0 Å². The van der Waals surface area contributed by atoms with Crippen LogP contribution in [0.5, 0.6) is 0 Å². The van der Waals surface area contributed by atoms with E-state index >= 15 is 0 Å². The van der Waals surface area contributed by atoms with E-state index in [0.29, 0.717) is 6.04 Å². The molecule has 2 nitrogen and oxygen atoms in total. The number of hydrogen-bond donors (Lipinski definition) is 2. The Kier molecular flexibility index (Phi) is 2.96. The molecule has 2 unspecified atom stereocenters. The number of rotatable bonds is 2. The van der Waals surface area contributed by atoms with Gasteiger partial charge >= 0.3 is 0 Å². The van der Waals surface area contributed by atoms with Crippen molar-refractivity contribution >= 4 is 5.69 Å². The van der Waals surface area contributed by atoms with E-state index in [1.165, 1.54) is 24.0 Å². The van der Waals surface area contributed by atoms with Gasteiger partial charge in [-0.05, 0) is 43.0 Å². The molecule has 1 aliphatic rings. The van der Waals surface area contributed by atoms with E-state index in [4.69, 9.17) is 5.73 Å². The predicted molar refractivity (Wildman–Crippen MR) is 64.8 cm³/mol. The maximum atomic E-state index is 6.02. The van der Waals surface area contributed by atoms with Crippen LogP contribution in [-0.2, 0) is 6.42 Å². The Labute approximate surface area is 91.9 Å². The Morgan fingerprint density at radius 1 is 1.47 bits per heavy atom. The summed E-state index contributed by atoms with van der Waals surface area (Å²) in [6, 6.07) is 6.78. The number of anilines is 1. The zero-order valence-corrected chi connectivity index (χ0v) is 9.59. The van der Waals surface area contributed by atoms with Crippen molar-refractivity contribution in [1.82, 2.24) is 5.32 Å². The fourth-order valence-electron chi connectivity index (χ4n) is 2.78. The molecule has 82 valence electrons. The SMILES string of the molecule is CCC1CCc2c(N)cccc2C1NC. The van der Waals surface area contributed by atoms with Crippen LogP contribution in [0, 0.1) is 5.92 Å². The highest BCUT2D eigenvalue weighted by atomic mass is 14.9. The molecule has 0 amide bonds. The van der Waals surface area contributed by atoms with Gasteiger partial charge in [0.2, 0.25) is 0 Å². The van der Waals surface area contributed by atoms with Gasteiger partial charge in [-0.2, -0.15) is 0 Å². The van der Waals surface area contributed by atoms with E-state index in [-0.39, 0.29) is 0 Å². The van der Waals surface area contributed by atoms with Crippen molar-refractivity contribution < 1.29 is 0 Å². The molecule has 3 N–H and O–H groups in total. The minimum absolute atomic E-state index is 0.488. The second kappa shape index (κ2) is 4.23. The van der Waals surface area contributed by atoms with Gasteiger partial charge in [0.05, 0.1) is 0 Å². The van der Waals surface area contributed by atoms with Crippen LogP contribution >= 0.6 is 0 Å². The molecule has 0 saturated carbocycles. The topological polar surface area (TPSA) is 38.0 Å². The van der Waals surface area contributed by atoms with Gasteiger partial charge in [0, 0.05) is 11.7 Å². The van der Waals surface area contributed by atoms with Crippen molar-refractivity contribution in [3.05, 3.63) is 29.3 Å². The first-order chi connectivity index (χ1) is 7.27. The Bertz CT molecular complexity index is 346. The summed E-state index contributed by atoms with van der Waals surface area (Å²) >= 11 is 0. The summed E-state index contributed by atoms with van der Waals surface area (Å²) < 4.78 is 0. The number of hydrogen-bond acceptors (Lipinski definition) is 2. The van der Waals surface area contributed by atoms with Crippen molar-refractivity contribution in [2.45, 2.75) is 32.2 Å². The highest BCUT2D eigenvalue weighted by molar-refractivity contribution is 5.53. The minimum atomic E-state index is 0.488.